The fourth-order valence-electron chi connectivity index (χ4n) is 1.23. The third-order valence-corrected chi connectivity index (χ3v) is 1.83. The van der Waals surface area contributed by atoms with Crippen molar-refractivity contribution in [3.63, 3.8) is 0 Å². The molecule has 1 aliphatic heterocycles. The molecule has 0 aromatic carbocycles. The molecule has 1 saturated heterocycles. The van der Waals surface area contributed by atoms with Gasteiger partial charge in [-0.25, -0.2) is 4.79 Å². The van der Waals surface area contributed by atoms with E-state index in [4.69, 9.17) is 21.3 Å². The van der Waals surface area contributed by atoms with Crippen molar-refractivity contribution >= 4 is 12.0 Å². The van der Waals surface area contributed by atoms with Gasteiger partial charge in [0.1, 0.15) is 6.23 Å². The predicted molar refractivity (Wildman–Crippen MR) is 49.3 cm³/mol. The summed E-state index contributed by atoms with van der Waals surface area (Å²) in [6.45, 7) is -0.0470. The number of hydrogen-bond acceptors (Lipinski definition) is 3. The van der Waals surface area contributed by atoms with E-state index in [9.17, 15) is 4.79 Å². The molecule has 0 unspecified atom stereocenters. The molecule has 0 bridgehead atoms. The Bertz CT molecular complexity index is 239. The van der Waals surface area contributed by atoms with Crippen LogP contribution in [0.25, 0.3) is 0 Å². The van der Waals surface area contributed by atoms with E-state index in [0.29, 0.717) is 12.8 Å². The minimum Gasteiger partial charge on any atom is -0.394 e. The Morgan fingerprint density at radius 2 is 2.29 bits per heavy atom. The second kappa shape index (κ2) is 4.77. The molecule has 1 rings (SSSR count). The number of ether oxygens (including phenoxy) is 1. The summed E-state index contributed by atoms with van der Waals surface area (Å²) in [7, 11) is 0. The van der Waals surface area contributed by atoms with Crippen LogP contribution in [0.15, 0.2) is 4.99 Å². The van der Waals surface area contributed by atoms with Gasteiger partial charge in [-0.05, 0) is 12.8 Å². The highest BCUT2D eigenvalue weighted by Gasteiger charge is 2.25. The van der Waals surface area contributed by atoms with Crippen molar-refractivity contribution in [2.24, 2.45) is 16.5 Å². The molecule has 1 fully saturated rings. The van der Waals surface area contributed by atoms with Crippen LogP contribution in [-0.2, 0) is 4.74 Å². The maximum atomic E-state index is 11.0. The summed E-state index contributed by atoms with van der Waals surface area (Å²) in [5.74, 6) is -0.292. The minimum absolute atomic E-state index is 0.0470. The Hall–Kier alpha value is -1.34. The fourth-order valence-corrected chi connectivity index (χ4v) is 1.23. The van der Waals surface area contributed by atoms with Crippen molar-refractivity contribution in [2.45, 2.75) is 25.2 Å². The number of rotatable bonds is 2. The Morgan fingerprint density at radius 1 is 1.57 bits per heavy atom. The number of nitrogens with two attached hydrogens (primary N) is 2. The Morgan fingerprint density at radius 3 is 2.79 bits per heavy atom. The molecule has 7 nitrogen and oxygen atoms in total. The molecule has 0 radical (unpaired) electrons. The Kier molecular flexibility index (Phi) is 3.66. The van der Waals surface area contributed by atoms with Crippen LogP contribution in [0.3, 0.4) is 0 Å². The SMILES string of the molecule is NC(N)=NC(=O)N[C@H]1CC[C@@H](CO)O1. The summed E-state index contributed by atoms with van der Waals surface area (Å²) in [4.78, 5) is 14.3. The van der Waals surface area contributed by atoms with Gasteiger partial charge in [0, 0.05) is 0 Å². The number of urea groups is 1. The van der Waals surface area contributed by atoms with Crippen LogP contribution >= 0.6 is 0 Å². The van der Waals surface area contributed by atoms with Crippen LogP contribution < -0.4 is 16.8 Å². The lowest BCUT2D eigenvalue weighted by Gasteiger charge is -2.11. The Balaban J connectivity index is 2.32. The van der Waals surface area contributed by atoms with Crippen LogP contribution in [-0.4, -0.2) is 36.0 Å². The van der Waals surface area contributed by atoms with Crippen LogP contribution in [0.4, 0.5) is 4.79 Å². The maximum absolute atomic E-state index is 11.0. The molecule has 7 heteroatoms. The highest BCUT2D eigenvalue weighted by Crippen LogP contribution is 2.16. The zero-order valence-corrected chi connectivity index (χ0v) is 7.64. The number of aliphatic hydroxyl groups is 1. The average Bonchev–Trinajstić information content (AvgIpc) is 2.50. The second-order valence-electron chi connectivity index (χ2n) is 2.99. The van der Waals surface area contributed by atoms with Gasteiger partial charge in [-0.15, -0.1) is 0 Å². The lowest BCUT2D eigenvalue weighted by Crippen LogP contribution is -2.35. The molecule has 0 aromatic rings. The third-order valence-electron chi connectivity index (χ3n) is 1.83. The summed E-state index contributed by atoms with van der Waals surface area (Å²) < 4.78 is 5.23. The van der Waals surface area contributed by atoms with E-state index in [-0.39, 0.29) is 18.7 Å². The number of nitrogens with one attached hydrogen (secondary N) is 1. The van der Waals surface area contributed by atoms with E-state index >= 15 is 0 Å². The molecule has 6 N–H and O–H groups in total. The monoisotopic (exact) mass is 202 g/mol. The van der Waals surface area contributed by atoms with Crippen LogP contribution in [0.2, 0.25) is 0 Å². The van der Waals surface area contributed by atoms with E-state index in [1.54, 1.807) is 0 Å². The first-order valence-corrected chi connectivity index (χ1v) is 4.28. The largest absolute Gasteiger partial charge is 0.394 e. The lowest BCUT2D eigenvalue weighted by molar-refractivity contribution is 0.00299. The molecule has 1 aliphatic rings. The molecule has 0 aliphatic carbocycles. The topological polar surface area (TPSA) is 123 Å². The average molecular weight is 202 g/mol. The standard InChI is InChI=1S/C7H14N4O3/c8-6(9)11-7(13)10-5-2-1-4(3-12)14-5/h4-5,12H,1-3H2,(H5,8,9,10,11,13)/t4-,5+/m0/s1. The first-order chi connectivity index (χ1) is 6.61. The van der Waals surface area contributed by atoms with Crippen molar-refractivity contribution in [3.8, 4) is 0 Å². The molecule has 14 heavy (non-hydrogen) atoms. The van der Waals surface area contributed by atoms with Gasteiger partial charge in [0.15, 0.2) is 5.96 Å². The van der Waals surface area contributed by atoms with Crippen LogP contribution in [0.1, 0.15) is 12.8 Å². The molecular weight excluding hydrogens is 188 g/mol. The van der Waals surface area contributed by atoms with Crippen molar-refractivity contribution in [1.82, 2.24) is 5.32 Å². The zero-order valence-electron chi connectivity index (χ0n) is 7.64. The van der Waals surface area contributed by atoms with Crippen molar-refractivity contribution < 1.29 is 14.6 Å². The number of amides is 2. The van der Waals surface area contributed by atoms with E-state index in [1.165, 1.54) is 0 Å². The first kappa shape index (κ1) is 10.7. The normalized spacial score (nSPS) is 25.8. The molecule has 0 saturated carbocycles. The van der Waals surface area contributed by atoms with E-state index in [2.05, 4.69) is 10.3 Å². The molecule has 2 atom stereocenters. The van der Waals surface area contributed by atoms with Gasteiger partial charge in [0.2, 0.25) is 0 Å². The number of guanidine groups is 1. The Labute approximate surface area is 81.1 Å². The number of hydrogen-bond donors (Lipinski definition) is 4. The van der Waals surface area contributed by atoms with Crippen LogP contribution in [0.5, 0.6) is 0 Å². The quantitative estimate of drug-likeness (QED) is 0.319. The molecule has 2 amide bonds. The van der Waals surface area contributed by atoms with E-state index in [1.807, 2.05) is 0 Å². The molecule has 80 valence electrons. The van der Waals surface area contributed by atoms with E-state index < -0.39 is 12.3 Å². The van der Waals surface area contributed by atoms with Gasteiger partial charge in [0.05, 0.1) is 12.7 Å². The van der Waals surface area contributed by atoms with E-state index in [0.717, 1.165) is 0 Å². The van der Waals surface area contributed by atoms with Crippen molar-refractivity contribution in [3.05, 3.63) is 0 Å². The smallest absolute Gasteiger partial charge is 0.346 e. The first-order valence-electron chi connectivity index (χ1n) is 4.28. The second-order valence-corrected chi connectivity index (χ2v) is 2.99. The minimum atomic E-state index is -0.631. The van der Waals surface area contributed by atoms with Gasteiger partial charge in [-0.1, -0.05) is 0 Å². The highest BCUT2D eigenvalue weighted by atomic mass is 16.5. The summed E-state index contributed by atoms with van der Waals surface area (Å²) in [5.41, 5.74) is 10.0. The number of carbonyl (C=O) groups is 1. The van der Waals surface area contributed by atoms with Gasteiger partial charge in [-0.2, -0.15) is 4.99 Å². The summed E-state index contributed by atoms with van der Waals surface area (Å²) in [6.07, 6.45) is 0.738. The number of nitrogens with zero attached hydrogens (tertiary/aromatic N) is 1. The van der Waals surface area contributed by atoms with Gasteiger partial charge >= 0.3 is 6.03 Å². The fraction of sp³-hybridized carbons (Fsp3) is 0.714. The maximum Gasteiger partial charge on any atom is 0.346 e. The molecule has 0 aromatic heterocycles. The van der Waals surface area contributed by atoms with Gasteiger partial charge < -0.3 is 26.6 Å². The van der Waals surface area contributed by atoms with Crippen LogP contribution in [0, 0.1) is 0 Å². The number of aliphatic hydroxyl groups excluding tert-OH is 1. The van der Waals surface area contributed by atoms with Gasteiger partial charge in [0.25, 0.3) is 0 Å². The molecule has 0 spiro atoms. The molecule has 1 heterocycles. The summed E-state index contributed by atoms with van der Waals surface area (Å²) in [6, 6.07) is -0.631. The highest BCUT2D eigenvalue weighted by molar-refractivity contribution is 5.90. The third kappa shape index (κ3) is 3.19. The lowest BCUT2D eigenvalue weighted by atomic mass is 10.2. The van der Waals surface area contributed by atoms with Gasteiger partial charge in [-0.3, -0.25) is 0 Å². The van der Waals surface area contributed by atoms with Crippen molar-refractivity contribution in [2.75, 3.05) is 6.61 Å². The predicted octanol–water partition coefficient (Wildman–Crippen LogP) is -1.53. The number of aliphatic imine (C=N–C) groups is 1. The summed E-state index contributed by atoms with van der Waals surface area (Å²) >= 11 is 0. The van der Waals surface area contributed by atoms with Crippen molar-refractivity contribution in [1.29, 1.82) is 0 Å². The zero-order chi connectivity index (χ0) is 10.6. The summed E-state index contributed by atoms with van der Waals surface area (Å²) in [5, 5.41) is 11.2. The number of carbonyl (C=O) groups excluding carboxylic acids is 1. The molecular formula is C7H14N4O3.